The second-order valence-corrected chi connectivity index (χ2v) is 5.15. The number of thioether (sulfide) groups is 1. The number of hydrogen-bond acceptors (Lipinski definition) is 3. The number of β-lactam (4-membered cyclic amide) rings is 1. The summed E-state index contributed by atoms with van der Waals surface area (Å²) in [5, 5.41) is 8.99. The molecule has 2 fully saturated rings. The second kappa shape index (κ2) is 4.22. The van der Waals surface area contributed by atoms with E-state index < -0.39 is 10.8 Å². The number of carboxylic acid groups (broad SMARTS) is 1. The Balaban J connectivity index is 0.000000980. The van der Waals surface area contributed by atoms with Crippen LogP contribution in [0.15, 0.2) is 0 Å². The number of alkyl halides is 1. The molecular formula is C7H9ClNNaO3S. The average molecular weight is 246 g/mol. The maximum atomic E-state index is 11.0. The van der Waals surface area contributed by atoms with Gasteiger partial charge in [0, 0.05) is 5.75 Å². The van der Waals surface area contributed by atoms with Gasteiger partial charge in [-0.25, -0.2) is 0 Å². The summed E-state index contributed by atoms with van der Waals surface area (Å²) in [6.45, 7) is 0.139. The van der Waals surface area contributed by atoms with Crippen molar-refractivity contribution >= 4 is 35.2 Å². The van der Waals surface area contributed by atoms with Crippen LogP contribution in [-0.2, 0) is 9.59 Å². The van der Waals surface area contributed by atoms with E-state index in [1.54, 1.807) is 0 Å². The Morgan fingerprint density at radius 1 is 1.79 bits per heavy atom. The van der Waals surface area contributed by atoms with Crippen molar-refractivity contribution in [2.45, 2.75) is 16.7 Å². The van der Waals surface area contributed by atoms with Gasteiger partial charge in [-0.15, -0.1) is 23.4 Å². The van der Waals surface area contributed by atoms with Gasteiger partial charge >= 0.3 is 35.5 Å². The summed E-state index contributed by atoms with van der Waals surface area (Å²) < 4.78 is 0. The number of carboxylic acids is 1. The van der Waals surface area contributed by atoms with E-state index in [1.807, 2.05) is 0 Å². The zero-order chi connectivity index (χ0) is 9.64. The molecule has 4 nitrogen and oxygen atoms in total. The third-order valence-electron chi connectivity index (χ3n) is 2.33. The summed E-state index contributed by atoms with van der Waals surface area (Å²) in [4.78, 5) is 22.1. The molecule has 2 aliphatic heterocycles. The predicted molar refractivity (Wildman–Crippen MR) is 49.9 cm³/mol. The molecule has 14 heavy (non-hydrogen) atoms. The number of halogens is 1. The molecule has 2 rings (SSSR count). The molecule has 2 heterocycles. The molecule has 1 N–H and O–H groups in total. The Bertz CT molecular complexity index is 295. The molecular weight excluding hydrogens is 237 g/mol. The number of carbonyl (C=O) groups excluding carboxylic acids is 1. The van der Waals surface area contributed by atoms with E-state index >= 15 is 0 Å². The molecule has 0 aromatic carbocycles. The fourth-order valence-electron chi connectivity index (χ4n) is 1.44. The third-order valence-corrected chi connectivity index (χ3v) is 4.36. The largest absolute Gasteiger partial charge is 1.00 e. The van der Waals surface area contributed by atoms with E-state index in [0.29, 0.717) is 12.2 Å². The van der Waals surface area contributed by atoms with Gasteiger partial charge in [-0.05, 0) is 0 Å². The first-order valence-corrected chi connectivity index (χ1v) is 5.29. The fourth-order valence-corrected chi connectivity index (χ4v) is 3.06. The molecule has 0 saturated carbocycles. The van der Waals surface area contributed by atoms with Crippen LogP contribution in [-0.4, -0.2) is 44.4 Å². The maximum Gasteiger partial charge on any atom is 1.00 e. The van der Waals surface area contributed by atoms with Gasteiger partial charge in [-0.3, -0.25) is 9.59 Å². The molecule has 0 aliphatic carbocycles. The molecule has 0 aromatic rings. The number of hydrogen-bond donors (Lipinski definition) is 1. The van der Waals surface area contributed by atoms with Gasteiger partial charge < -0.3 is 11.4 Å². The van der Waals surface area contributed by atoms with E-state index in [9.17, 15) is 9.59 Å². The van der Waals surface area contributed by atoms with Gasteiger partial charge in [0.05, 0.1) is 18.3 Å². The van der Waals surface area contributed by atoms with Crippen LogP contribution in [0.5, 0.6) is 0 Å². The first-order chi connectivity index (χ1) is 6.03. The molecule has 7 heteroatoms. The van der Waals surface area contributed by atoms with Crippen LogP contribution in [0.2, 0.25) is 0 Å². The second-order valence-electron chi connectivity index (χ2n) is 3.26. The Morgan fingerprint density at radius 2 is 2.43 bits per heavy atom. The van der Waals surface area contributed by atoms with Crippen LogP contribution in [0, 0.1) is 0 Å². The third kappa shape index (κ3) is 1.93. The smallest absolute Gasteiger partial charge is 1.00 e. The van der Waals surface area contributed by atoms with E-state index in [2.05, 4.69) is 0 Å². The summed E-state index contributed by atoms with van der Waals surface area (Å²) in [7, 11) is 0. The molecule has 1 unspecified atom stereocenters. The van der Waals surface area contributed by atoms with Crippen LogP contribution >= 0.6 is 23.4 Å². The number of fused-ring (bicyclic) bond motifs is 1. The summed E-state index contributed by atoms with van der Waals surface area (Å²) >= 11 is 7.30. The van der Waals surface area contributed by atoms with Crippen molar-refractivity contribution in [1.82, 2.24) is 4.90 Å². The molecule has 2 aliphatic rings. The Hall–Kier alpha value is 0.580. The Morgan fingerprint density at radius 3 is 2.93 bits per heavy atom. The molecule has 2 saturated heterocycles. The molecule has 0 bridgehead atoms. The molecule has 0 spiro atoms. The normalized spacial score (nSPS) is 35.4. The molecule has 0 aromatic heterocycles. The van der Waals surface area contributed by atoms with Crippen LogP contribution in [0.25, 0.3) is 0 Å². The van der Waals surface area contributed by atoms with Gasteiger partial charge in [-0.2, -0.15) is 0 Å². The van der Waals surface area contributed by atoms with Crippen molar-refractivity contribution in [2.75, 3.05) is 12.3 Å². The predicted octanol–water partition coefficient (Wildman–Crippen LogP) is -2.53. The summed E-state index contributed by atoms with van der Waals surface area (Å²) in [5.74, 6) is -0.665. The minimum atomic E-state index is -1.28. The fraction of sp³-hybridized carbons (Fsp3) is 0.714. The van der Waals surface area contributed by atoms with Crippen molar-refractivity contribution in [2.24, 2.45) is 0 Å². The summed E-state index contributed by atoms with van der Waals surface area (Å²) in [5.41, 5.74) is 0. The van der Waals surface area contributed by atoms with E-state index in [4.69, 9.17) is 16.7 Å². The topological polar surface area (TPSA) is 57.6 Å². The number of nitrogens with zero attached hydrogens (tertiary/aromatic N) is 1. The van der Waals surface area contributed by atoms with Crippen molar-refractivity contribution in [3.63, 3.8) is 0 Å². The van der Waals surface area contributed by atoms with Gasteiger partial charge in [0.25, 0.3) is 0 Å². The average Bonchev–Trinajstić information content (AvgIpc) is 2.07. The van der Waals surface area contributed by atoms with Gasteiger partial charge in [0.2, 0.25) is 5.91 Å². The molecule has 74 valence electrons. The monoisotopic (exact) mass is 245 g/mol. The zero-order valence-corrected chi connectivity index (χ0v) is 11.3. The van der Waals surface area contributed by atoms with Crippen molar-refractivity contribution < 1.29 is 45.7 Å². The number of amides is 1. The molecule has 1 amide bonds. The Labute approximate surface area is 114 Å². The van der Waals surface area contributed by atoms with Crippen molar-refractivity contribution in [1.29, 1.82) is 0 Å². The molecule has 2 atom stereocenters. The number of aliphatic carboxylic acids is 1. The quantitative estimate of drug-likeness (QED) is 0.315. The maximum absolute atomic E-state index is 11.0. The molecule has 0 radical (unpaired) electrons. The van der Waals surface area contributed by atoms with Crippen molar-refractivity contribution in [3.05, 3.63) is 0 Å². The standard InChI is InChI=1S/C7H8ClNO3S.Na.H/c8-7(6(11)12)2-9-4(10)1-5(9)13-3-7;;/h5H,1-3H2,(H,11,12);;/q;+1;-1/t5-,7?;;/m1../s1. The zero-order valence-electron chi connectivity index (χ0n) is 8.70. The Kier molecular flexibility index (Phi) is 3.81. The van der Waals surface area contributed by atoms with Crippen LogP contribution < -0.4 is 29.6 Å². The van der Waals surface area contributed by atoms with E-state index in [-0.39, 0.29) is 48.8 Å². The van der Waals surface area contributed by atoms with Gasteiger partial charge in [0.1, 0.15) is 0 Å². The van der Waals surface area contributed by atoms with Crippen LogP contribution in [0.1, 0.15) is 7.85 Å². The minimum absolute atomic E-state index is 0. The SMILES string of the molecule is O=C1C[C@H]2SCC(Cl)(C(=O)O)CN12.[H-].[Na+]. The summed E-state index contributed by atoms with van der Waals surface area (Å²) in [6.07, 6.45) is 0.525. The van der Waals surface area contributed by atoms with Gasteiger partial charge in [-0.1, -0.05) is 0 Å². The first kappa shape index (κ1) is 12.6. The summed E-state index contributed by atoms with van der Waals surface area (Å²) in [6, 6.07) is 0. The minimum Gasteiger partial charge on any atom is -1.00 e. The van der Waals surface area contributed by atoms with Crippen LogP contribution in [0.3, 0.4) is 0 Å². The van der Waals surface area contributed by atoms with E-state index in [1.165, 1.54) is 16.7 Å². The van der Waals surface area contributed by atoms with Crippen molar-refractivity contribution in [3.8, 4) is 0 Å². The van der Waals surface area contributed by atoms with E-state index in [0.717, 1.165) is 0 Å². The van der Waals surface area contributed by atoms with Crippen LogP contribution in [0.4, 0.5) is 0 Å². The first-order valence-electron chi connectivity index (χ1n) is 3.86. The van der Waals surface area contributed by atoms with Gasteiger partial charge in [0.15, 0.2) is 4.87 Å². The number of carbonyl (C=O) groups is 2. The number of rotatable bonds is 1.